The van der Waals surface area contributed by atoms with E-state index in [1.165, 1.54) is 27.6 Å². The molecule has 0 saturated carbocycles. The molecule has 1 aromatic carbocycles. The van der Waals surface area contributed by atoms with Crippen LogP contribution in [0.25, 0.3) is 0 Å². The highest BCUT2D eigenvalue weighted by molar-refractivity contribution is 7.14. The van der Waals surface area contributed by atoms with Gasteiger partial charge in [0.1, 0.15) is 0 Å². The molecule has 2 aromatic heterocycles. The molecule has 3 heterocycles. The number of hydrogen-bond donors (Lipinski definition) is 1. The lowest BCUT2D eigenvalue weighted by atomic mass is 9.94. The van der Waals surface area contributed by atoms with E-state index in [0.29, 0.717) is 10.0 Å². The maximum Gasteiger partial charge on any atom is 0.296 e. The number of amides is 1. The van der Waals surface area contributed by atoms with E-state index < -0.39 is 17.7 Å². The second-order valence-electron chi connectivity index (χ2n) is 6.06. The van der Waals surface area contributed by atoms with Gasteiger partial charge in [0.15, 0.2) is 10.9 Å². The quantitative estimate of drug-likeness (QED) is 0.642. The third kappa shape index (κ3) is 2.98. The topological polar surface area (TPSA) is 70.5 Å². The predicted molar refractivity (Wildman–Crippen MR) is 106 cm³/mol. The second kappa shape index (κ2) is 7.09. The molecular weight excluding hydrogens is 380 g/mol. The summed E-state index contributed by atoms with van der Waals surface area (Å²) in [5.74, 6) is -1.44. The van der Waals surface area contributed by atoms with E-state index in [4.69, 9.17) is 0 Å². The van der Waals surface area contributed by atoms with E-state index in [9.17, 15) is 14.7 Å². The average Bonchev–Trinajstić information content (AvgIpc) is 3.44. The minimum absolute atomic E-state index is 0.0990. The Labute approximate surface area is 164 Å². The van der Waals surface area contributed by atoms with Gasteiger partial charge in [-0.05, 0) is 29.0 Å². The average molecular weight is 396 g/mol. The first-order valence-corrected chi connectivity index (χ1v) is 10.2. The van der Waals surface area contributed by atoms with Gasteiger partial charge in [0.25, 0.3) is 5.91 Å². The van der Waals surface area contributed by atoms with Crippen LogP contribution in [0.15, 0.2) is 64.7 Å². The Bertz CT molecular complexity index is 1010. The Hall–Kier alpha value is -2.77. The molecule has 7 heteroatoms. The molecule has 1 N–H and O–H groups in total. The number of benzene rings is 1. The highest BCUT2D eigenvalue weighted by Gasteiger charge is 2.45. The number of carbonyl (C=O) groups is 2. The molecule has 0 unspecified atom stereocenters. The lowest BCUT2D eigenvalue weighted by Crippen LogP contribution is -2.30. The molecule has 1 aliphatic heterocycles. The second-order valence-corrected chi connectivity index (χ2v) is 7.88. The molecule has 0 fully saturated rings. The molecule has 1 aliphatic rings. The third-order valence-corrected chi connectivity index (χ3v) is 6.17. The highest BCUT2D eigenvalue weighted by Crippen LogP contribution is 2.42. The smallest absolute Gasteiger partial charge is 0.296 e. The predicted octanol–water partition coefficient (Wildman–Crippen LogP) is 4.55. The van der Waals surface area contributed by atoms with Gasteiger partial charge < -0.3 is 5.11 Å². The van der Waals surface area contributed by atoms with E-state index in [1.807, 2.05) is 24.3 Å². The van der Waals surface area contributed by atoms with Crippen molar-refractivity contribution in [3.05, 3.63) is 80.7 Å². The zero-order chi connectivity index (χ0) is 19.0. The normalized spacial score (nSPS) is 17.0. The van der Waals surface area contributed by atoms with Crippen molar-refractivity contribution >= 4 is 39.5 Å². The minimum Gasteiger partial charge on any atom is -0.503 e. The van der Waals surface area contributed by atoms with Crippen molar-refractivity contribution < 1.29 is 14.7 Å². The number of hydrogen-bond acceptors (Lipinski definition) is 6. The summed E-state index contributed by atoms with van der Waals surface area (Å²) in [5.41, 5.74) is 2.02. The largest absolute Gasteiger partial charge is 0.503 e. The van der Waals surface area contributed by atoms with Crippen molar-refractivity contribution in [1.82, 2.24) is 4.98 Å². The van der Waals surface area contributed by atoms with Crippen molar-refractivity contribution in [3.63, 3.8) is 0 Å². The summed E-state index contributed by atoms with van der Waals surface area (Å²) in [6, 6.07) is 10.5. The van der Waals surface area contributed by atoms with E-state index in [0.717, 1.165) is 17.5 Å². The number of carbonyl (C=O) groups excluding carboxylic acids is 2. The number of nitrogens with zero attached hydrogens (tertiary/aromatic N) is 2. The van der Waals surface area contributed by atoms with Crippen LogP contribution in [0.1, 0.15) is 33.8 Å². The Morgan fingerprint density at radius 2 is 1.96 bits per heavy atom. The van der Waals surface area contributed by atoms with Gasteiger partial charge in [0.05, 0.1) is 16.5 Å². The van der Waals surface area contributed by atoms with Gasteiger partial charge >= 0.3 is 0 Å². The zero-order valence-corrected chi connectivity index (χ0v) is 16.1. The zero-order valence-electron chi connectivity index (χ0n) is 14.5. The number of thiazole rings is 1. The number of aliphatic hydroxyl groups excluding tert-OH is 1. The van der Waals surface area contributed by atoms with Crippen molar-refractivity contribution in [3.8, 4) is 0 Å². The first-order chi connectivity index (χ1) is 13.1. The Balaban J connectivity index is 1.86. The highest BCUT2D eigenvalue weighted by atomic mass is 32.1. The van der Waals surface area contributed by atoms with E-state index >= 15 is 0 Å². The number of thiophene rings is 1. The molecule has 136 valence electrons. The van der Waals surface area contributed by atoms with Crippen LogP contribution < -0.4 is 4.90 Å². The lowest BCUT2D eigenvalue weighted by Gasteiger charge is -2.24. The van der Waals surface area contributed by atoms with Crippen molar-refractivity contribution in [1.29, 1.82) is 0 Å². The molecule has 3 aromatic rings. The van der Waals surface area contributed by atoms with Gasteiger partial charge in [-0.15, -0.1) is 22.7 Å². The molecule has 0 radical (unpaired) electrons. The number of aromatic nitrogens is 1. The van der Waals surface area contributed by atoms with Crippen LogP contribution in [0.3, 0.4) is 0 Å². The fourth-order valence-electron chi connectivity index (χ4n) is 3.16. The van der Waals surface area contributed by atoms with Crippen LogP contribution in [0.4, 0.5) is 5.13 Å². The molecule has 1 amide bonds. The molecule has 5 nitrogen and oxygen atoms in total. The first kappa shape index (κ1) is 17.6. The third-order valence-electron chi connectivity index (χ3n) is 4.53. The summed E-state index contributed by atoms with van der Waals surface area (Å²) in [4.78, 5) is 32.0. The Kier molecular flexibility index (Phi) is 4.63. The van der Waals surface area contributed by atoms with Crippen LogP contribution in [0.5, 0.6) is 0 Å². The van der Waals surface area contributed by atoms with E-state index in [1.54, 1.807) is 29.1 Å². The van der Waals surface area contributed by atoms with Gasteiger partial charge in [-0.1, -0.05) is 37.3 Å². The van der Waals surface area contributed by atoms with Crippen LogP contribution in [-0.2, 0) is 11.2 Å². The van der Waals surface area contributed by atoms with Crippen molar-refractivity contribution in [2.45, 2.75) is 19.4 Å². The number of ketones is 1. The standard InChI is InChI=1S/C20H16N2O3S2/c1-2-12-5-7-13(8-6-12)16-15(17(23)14-4-3-10-26-14)18(24)19(25)22(16)20-21-9-11-27-20/h3-11,16,24H,2H2,1H3/t16-/m0/s1. The van der Waals surface area contributed by atoms with Crippen LogP contribution >= 0.6 is 22.7 Å². The van der Waals surface area contributed by atoms with Crippen LogP contribution in [0, 0.1) is 0 Å². The maximum absolute atomic E-state index is 13.1. The fourth-order valence-corrected chi connectivity index (χ4v) is 4.51. The van der Waals surface area contributed by atoms with Crippen molar-refractivity contribution in [2.24, 2.45) is 0 Å². The molecule has 4 rings (SSSR count). The molecule has 0 aliphatic carbocycles. The number of Topliss-reactive ketones (excluding diaryl/α,β-unsaturated/α-hetero) is 1. The summed E-state index contributed by atoms with van der Waals surface area (Å²) in [5, 5.41) is 14.6. The fraction of sp³-hybridized carbons (Fsp3) is 0.150. The van der Waals surface area contributed by atoms with Crippen LogP contribution in [-0.4, -0.2) is 21.8 Å². The van der Waals surface area contributed by atoms with Gasteiger partial charge in [0, 0.05) is 11.6 Å². The lowest BCUT2D eigenvalue weighted by molar-refractivity contribution is -0.117. The Morgan fingerprint density at radius 3 is 2.56 bits per heavy atom. The summed E-state index contributed by atoms with van der Waals surface area (Å²) >= 11 is 2.58. The monoisotopic (exact) mass is 396 g/mol. The van der Waals surface area contributed by atoms with Gasteiger partial charge in [-0.3, -0.25) is 14.5 Å². The number of anilines is 1. The molecule has 27 heavy (non-hydrogen) atoms. The van der Waals surface area contributed by atoms with Gasteiger partial charge in [0.2, 0.25) is 5.78 Å². The molecular formula is C20H16N2O3S2. The summed E-state index contributed by atoms with van der Waals surface area (Å²) in [6.45, 7) is 2.06. The van der Waals surface area contributed by atoms with E-state index in [2.05, 4.69) is 11.9 Å². The SMILES string of the molecule is CCc1ccc([C@H]2C(C(=O)c3cccs3)=C(O)C(=O)N2c2nccs2)cc1. The molecule has 0 saturated heterocycles. The van der Waals surface area contributed by atoms with Gasteiger partial charge in [-0.25, -0.2) is 4.98 Å². The molecule has 1 atom stereocenters. The number of aliphatic hydroxyl groups is 1. The van der Waals surface area contributed by atoms with Gasteiger partial charge in [-0.2, -0.15) is 0 Å². The van der Waals surface area contributed by atoms with Crippen LogP contribution in [0.2, 0.25) is 0 Å². The Morgan fingerprint density at radius 1 is 1.19 bits per heavy atom. The minimum atomic E-state index is -0.704. The van der Waals surface area contributed by atoms with E-state index in [-0.39, 0.29) is 11.4 Å². The summed E-state index contributed by atoms with van der Waals surface area (Å²) in [6.07, 6.45) is 2.49. The summed E-state index contributed by atoms with van der Waals surface area (Å²) in [7, 11) is 0. The number of aryl methyl sites for hydroxylation is 1. The number of rotatable bonds is 5. The molecule has 0 bridgehead atoms. The first-order valence-electron chi connectivity index (χ1n) is 8.45. The summed E-state index contributed by atoms with van der Waals surface area (Å²) < 4.78 is 0. The maximum atomic E-state index is 13.1. The van der Waals surface area contributed by atoms with Crippen molar-refractivity contribution in [2.75, 3.05) is 4.90 Å². The molecule has 0 spiro atoms.